The molecule has 9 heteroatoms. The van der Waals surface area contributed by atoms with Crippen LogP contribution in [-0.2, 0) is 4.79 Å². The van der Waals surface area contributed by atoms with Gasteiger partial charge in [-0.05, 0) is 24.6 Å². The van der Waals surface area contributed by atoms with Gasteiger partial charge in [0, 0.05) is 12.1 Å². The number of benzene rings is 1. The molecule has 1 aromatic carbocycles. The van der Waals surface area contributed by atoms with E-state index in [1.807, 2.05) is 0 Å². The molecule has 0 saturated carbocycles. The van der Waals surface area contributed by atoms with E-state index in [0.29, 0.717) is 22.6 Å². The van der Waals surface area contributed by atoms with Gasteiger partial charge in [0.25, 0.3) is 0 Å². The molecular formula is C14H21N3O6. The Labute approximate surface area is 133 Å². The Balaban J connectivity index is 2.78. The first-order chi connectivity index (χ1) is 10.9. The van der Waals surface area contributed by atoms with Crippen LogP contribution in [0.4, 0.5) is 0 Å². The van der Waals surface area contributed by atoms with Crippen LogP contribution in [0.2, 0.25) is 0 Å². The molecule has 0 aliphatic rings. The zero-order chi connectivity index (χ0) is 17.4. The molecule has 128 valence electrons. The van der Waals surface area contributed by atoms with Gasteiger partial charge in [-0.25, -0.2) is 0 Å². The van der Waals surface area contributed by atoms with Gasteiger partial charge >= 0.3 is 0 Å². The summed E-state index contributed by atoms with van der Waals surface area (Å²) in [6.45, 7) is 0.955. The van der Waals surface area contributed by atoms with E-state index in [0.717, 1.165) is 0 Å². The summed E-state index contributed by atoms with van der Waals surface area (Å²) in [6, 6.07) is 3.18. The number of amidine groups is 1. The Morgan fingerprint density at radius 1 is 1.48 bits per heavy atom. The highest BCUT2D eigenvalue weighted by Crippen LogP contribution is 2.32. The average Bonchev–Trinajstić information content (AvgIpc) is 2.56. The number of oxime groups is 1. The van der Waals surface area contributed by atoms with Gasteiger partial charge in [-0.2, -0.15) is 0 Å². The summed E-state index contributed by atoms with van der Waals surface area (Å²) in [5.74, 6) is 0.110. The summed E-state index contributed by atoms with van der Waals surface area (Å²) in [5, 5.41) is 32.3. The third-order valence-corrected chi connectivity index (χ3v) is 2.96. The van der Waals surface area contributed by atoms with Crippen LogP contribution in [0.15, 0.2) is 17.3 Å². The summed E-state index contributed by atoms with van der Waals surface area (Å²) in [4.78, 5) is 10.9. The van der Waals surface area contributed by atoms with Crippen molar-refractivity contribution in [3.8, 4) is 11.5 Å². The van der Waals surface area contributed by atoms with E-state index in [9.17, 15) is 9.90 Å². The Morgan fingerprint density at radius 2 is 2.17 bits per heavy atom. The fourth-order valence-corrected chi connectivity index (χ4v) is 1.81. The molecule has 1 aromatic rings. The van der Waals surface area contributed by atoms with E-state index in [1.54, 1.807) is 13.0 Å². The number of carbonyl (C=O) groups is 1. The Morgan fingerprint density at radius 3 is 2.74 bits per heavy atom. The van der Waals surface area contributed by atoms with E-state index in [-0.39, 0.29) is 19.0 Å². The normalized spacial score (nSPS) is 12.6. The molecule has 9 nitrogen and oxygen atoms in total. The number of nitrogens with two attached hydrogens (primary N) is 1. The Bertz CT molecular complexity index is 576. The summed E-state index contributed by atoms with van der Waals surface area (Å²) in [7, 11) is 1.44. The van der Waals surface area contributed by atoms with Crippen molar-refractivity contribution in [2.45, 2.75) is 13.0 Å². The van der Waals surface area contributed by atoms with Gasteiger partial charge in [-0.15, -0.1) is 0 Å². The number of nitrogens with one attached hydrogen (secondary N) is 1. The predicted octanol–water partition coefficient (Wildman–Crippen LogP) is -1.05. The van der Waals surface area contributed by atoms with Crippen molar-refractivity contribution in [3.05, 3.63) is 23.3 Å². The molecule has 0 bridgehead atoms. The predicted molar refractivity (Wildman–Crippen MR) is 81.8 cm³/mol. The summed E-state index contributed by atoms with van der Waals surface area (Å²) >= 11 is 0. The minimum atomic E-state index is -0.960. The maximum atomic E-state index is 10.9. The van der Waals surface area contributed by atoms with Crippen molar-refractivity contribution in [1.82, 2.24) is 5.32 Å². The minimum Gasteiger partial charge on any atom is -0.493 e. The van der Waals surface area contributed by atoms with Crippen LogP contribution >= 0.6 is 0 Å². The number of hydrogen-bond acceptors (Lipinski definition) is 7. The number of carbonyl (C=O) groups excluding carboxylic acids is 1. The van der Waals surface area contributed by atoms with Gasteiger partial charge < -0.3 is 35.9 Å². The molecule has 0 fully saturated rings. The van der Waals surface area contributed by atoms with Crippen molar-refractivity contribution in [2.24, 2.45) is 10.9 Å². The molecule has 0 aliphatic carbocycles. The number of aliphatic hydroxyl groups excluding tert-OH is 2. The first-order valence-electron chi connectivity index (χ1n) is 6.77. The lowest BCUT2D eigenvalue weighted by Gasteiger charge is -2.17. The number of methoxy groups -OCH3 is 1. The van der Waals surface area contributed by atoms with Crippen molar-refractivity contribution >= 4 is 11.7 Å². The van der Waals surface area contributed by atoms with E-state index in [4.69, 9.17) is 25.5 Å². The number of ether oxygens (including phenoxy) is 2. The SMILES string of the molecule is COc1cc(C(N)=NO)cc(C)c1OC[C@@H](O)CNC(=O)CO. The molecular weight excluding hydrogens is 306 g/mol. The highest BCUT2D eigenvalue weighted by molar-refractivity contribution is 5.97. The summed E-state index contributed by atoms with van der Waals surface area (Å²) in [6.07, 6.45) is -0.960. The van der Waals surface area contributed by atoms with Crippen LogP contribution in [0.3, 0.4) is 0 Å². The van der Waals surface area contributed by atoms with Crippen molar-refractivity contribution in [3.63, 3.8) is 0 Å². The summed E-state index contributed by atoms with van der Waals surface area (Å²) < 4.78 is 10.7. The van der Waals surface area contributed by atoms with Gasteiger partial charge in [-0.1, -0.05) is 5.16 Å². The monoisotopic (exact) mass is 327 g/mol. The van der Waals surface area contributed by atoms with Crippen molar-refractivity contribution in [2.75, 3.05) is 26.9 Å². The van der Waals surface area contributed by atoms with Crippen LogP contribution < -0.4 is 20.5 Å². The second kappa shape index (κ2) is 8.81. The van der Waals surface area contributed by atoms with Crippen LogP contribution in [-0.4, -0.2) is 60.1 Å². The second-order valence-electron chi connectivity index (χ2n) is 4.74. The smallest absolute Gasteiger partial charge is 0.245 e. The van der Waals surface area contributed by atoms with Gasteiger partial charge in [0.15, 0.2) is 17.3 Å². The van der Waals surface area contributed by atoms with Crippen LogP contribution in [0, 0.1) is 6.92 Å². The van der Waals surface area contributed by atoms with E-state index in [1.165, 1.54) is 13.2 Å². The molecule has 0 saturated heterocycles. The molecule has 1 amide bonds. The molecule has 1 atom stereocenters. The minimum absolute atomic E-state index is 0.0526. The molecule has 0 aliphatic heterocycles. The largest absolute Gasteiger partial charge is 0.493 e. The van der Waals surface area contributed by atoms with E-state index < -0.39 is 18.6 Å². The molecule has 0 aromatic heterocycles. The summed E-state index contributed by atoms with van der Waals surface area (Å²) in [5.41, 5.74) is 6.67. The standard InChI is InChI=1S/C14H21N3O6/c1-8-3-9(14(15)17-21)4-11(22-2)13(8)23-7-10(19)5-16-12(20)6-18/h3-4,10,18-19,21H,5-7H2,1-2H3,(H2,15,17)(H,16,20)/t10-/m0/s1. The molecule has 6 N–H and O–H groups in total. The molecule has 0 spiro atoms. The number of nitrogens with zero attached hydrogens (tertiary/aromatic N) is 1. The molecule has 0 unspecified atom stereocenters. The fourth-order valence-electron chi connectivity index (χ4n) is 1.81. The number of rotatable bonds is 8. The first kappa shape index (κ1) is 18.5. The van der Waals surface area contributed by atoms with Gasteiger partial charge in [0.05, 0.1) is 7.11 Å². The lowest BCUT2D eigenvalue weighted by atomic mass is 10.1. The third kappa shape index (κ3) is 5.31. The second-order valence-corrected chi connectivity index (χ2v) is 4.74. The maximum absolute atomic E-state index is 10.9. The van der Waals surface area contributed by atoms with Crippen LogP contribution in [0.1, 0.15) is 11.1 Å². The number of hydrogen-bond donors (Lipinski definition) is 5. The van der Waals surface area contributed by atoms with Crippen molar-refractivity contribution < 1.29 is 29.7 Å². The maximum Gasteiger partial charge on any atom is 0.245 e. The van der Waals surface area contributed by atoms with Crippen LogP contribution in [0.25, 0.3) is 0 Å². The molecule has 0 radical (unpaired) electrons. The van der Waals surface area contributed by atoms with Crippen LogP contribution in [0.5, 0.6) is 11.5 Å². The zero-order valence-electron chi connectivity index (χ0n) is 12.9. The van der Waals surface area contributed by atoms with Gasteiger partial charge in [0.2, 0.25) is 5.91 Å². The highest BCUT2D eigenvalue weighted by Gasteiger charge is 2.15. The Hall–Kier alpha value is -2.52. The Kier molecular flexibility index (Phi) is 7.10. The number of aryl methyl sites for hydroxylation is 1. The highest BCUT2D eigenvalue weighted by atomic mass is 16.5. The van der Waals surface area contributed by atoms with Gasteiger partial charge in [0.1, 0.15) is 19.3 Å². The number of aliphatic hydroxyl groups is 2. The lowest BCUT2D eigenvalue weighted by Crippen LogP contribution is -2.36. The van der Waals surface area contributed by atoms with Crippen molar-refractivity contribution in [1.29, 1.82) is 0 Å². The zero-order valence-corrected chi connectivity index (χ0v) is 12.9. The quantitative estimate of drug-likeness (QED) is 0.177. The third-order valence-electron chi connectivity index (χ3n) is 2.96. The average molecular weight is 327 g/mol. The van der Waals surface area contributed by atoms with E-state index in [2.05, 4.69) is 10.5 Å². The molecule has 23 heavy (non-hydrogen) atoms. The van der Waals surface area contributed by atoms with E-state index >= 15 is 0 Å². The lowest BCUT2D eigenvalue weighted by molar-refractivity contribution is -0.124. The fraction of sp³-hybridized carbons (Fsp3) is 0.429. The first-order valence-corrected chi connectivity index (χ1v) is 6.77. The topological polar surface area (TPSA) is 147 Å². The van der Waals surface area contributed by atoms with Gasteiger partial charge in [-0.3, -0.25) is 4.79 Å². The molecule has 1 rings (SSSR count). The number of amides is 1. The molecule has 0 heterocycles.